The molecule has 98 valence electrons. The number of piperazine rings is 1. The average Bonchev–Trinajstić information content (AvgIpc) is 2.86. The van der Waals surface area contributed by atoms with E-state index in [1.807, 2.05) is 19.9 Å². The zero-order valence-electron chi connectivity index (χ0n) is 10.7. The fourth-order valence-electron chi connectivity index (χ4n) is 2.27. The first kappa shape index (κ1) is 12.7. The Morgan fingerprint density at radius 2 is 2.11 bits per heavy atom. The molecule has 2 amide bonds. The monoisotopic (exact) mass is 250 g/mol. The second kappa shape index (κ2) is 5.25. The van der Waals surface area contributed by atoms with Crippen molar-refractivity contribution in [3.8, 4) is 0 Å². The molecule has 2 atom stereocenters. The van der Waals surface area contributed by atoms with E-state index in [4.69, 9.17) is 4.42 Å². The maximum Gasteiger partial charge on any atom is 0.246 e. The Balaban J connectivity index is 2.20. The van der Waals surface area contributed by atoms with Crippen molar-refractivity contribution >= 4 is 11.8 Å². The third kappa shape index (κ3) is 2.25. The first-order valence-corrected chi connectivity index (χ1v) is 6.30. The van der Waals surface area contributed by atoms with Crippen LogP contribution in [-0.2, 0) is 16.1 Å². The molecule has 1 fully saturated rings. The van der Waals surface area contributed by atoms with Crippen LogP contribution in [0, 0.1) is 0 Å². The van der Waals surface area contributed by atoms with Gasteiger partial charge in [-0.1, -0.05) is 13.8 Å². The predicted octanol–water partition coefficient (Wildman–Crippen LogP) is 1.30. The van der Waals surface area contributed by atoms with Crippen molar-refractivity contribution in [1.29, 1.82) is 0 Å². The quantitative estimate of drug-likeness (QED) is 0.876. The number of carbonyl (C=O) groups excluding carboxylic acids is 2. The van der Waals surface area contributed by atoms with E-state index in [0.29, 0.717) is 25.1 Å². The van der Waals surface area contributed by atoms with Crippen LogP contribution < -0.4 is 5.32 Å². The third-order valence-corrected chi connectivity index (χ3v) is 3.28. The molecule has 1 saturated heterocycles. The normalized spacial score (nSPS) is 24.2. The minimum atomic E-state index is -0.407. The Morgan fingerprint density at radius 3 is 2.67 bits per heavy atom. The Hall–Kier alpha value is -1.78. The summed E-state index contributed by atoms with van der Waals surface area (Å²) in [6, 6.07) is 2.79. The van der Waals surface area contributed by atoms with Crippen molar-refractivity contribution < 1.29 is 14.0 Å². The van der Waals surface area contributed by atoms with E-state index in [1.165, 1.54) is 0 Å². The SMILES string of the molecule is CCC1NC(=O)C(CC)N(Cc2ccco2)C1=O. The van der Waals surface area contributed by atoms with Crippen molar-refractivity contribution in [3.63, 3.8) is 0 Å². The largest absolute Gasteiger partial charge is 0.467 e. The summed E-state index contributed by atoms with van der Waals surface area (Å²) in [5, 5.41) is 2.77. The van der Waals surface area contributed by atoms with Gasteiger partial charge in [0.15, 0.2) is 0 Å². The molecule has 5 heteroatoms. The van der Waals surface area contributed by atoms with E-state index in [1.54, 1.807) is 17.2 Å². The summed E-state index contributed by atoms with van der Waals surface area (Å²) in [4.78, 5) is 25.8. The van der Waals surface area contributed by atoms with Gasteiger partial charge in [0.1, 0.15) is 17.8 Å². The molecule has 0 radical (unpaired) electrons. The van der Waals surface area contributed by atoms with Crippen LogP contribution in [0.15, 0.2) is 22.8 Å². The van der Waals surface area contributed by atoms with Crippen LogP contribution in [0.1, 0.15) is 32.4 Å². The molecule has 1 aromatic heterocycles. The zero-order chi connectivity index (χ0) is 13.1. The smallest absolute Gasteiger partial charge is 0.246 e. The van der Waals surface area contributed by atoms with Gasteiger partial charge < -0.3 is 14.6 Å². The number of nitrogens with zero attached hydrogens (tertiary/aromatic N) is 1. The van der Waals surface area contributed by atoms with Gasteiger partial charge in [-0.05, 0) is 25.0 Å². The summed E-state index contributed by atoms with van der Waals surface area (Å²) < 4.78 is 5.26. The number of rotatable bonds is 4. The highest BCUT2D eigenvalue weighted by Gasteiger charge is 2.38. The van der Waals surface area contributed by atoms with Crippen LogP contribution in [0.4, 0.5) is 0 Å². The maximum atomic E-state index is 12.3. The summed E-state index contributed by atoms with van der Waals surface area (Å²) in [5.41, 5.74) is 0. The summed E-state index contributed by atoms with van der Waals surface area (Å²) in [7, 11) is 0. The minimum Gasteiger partial charge on any atom is -0.467 e. The molecule has 0 bridgehead atoms. The van der Waals surface area contributed by atoms with Crippen LogP contribution in [0.2, 0.25) is 0 Å². The first-order valence-electron chi connectivity index (χ1n) is 6.30. The van der Waals surface area contributed by atoms with Crippen LogP contribution in [-0.4, -0.2) is 28.8 Å². The number of furan rings is 1. The van der Waals surface area contributed by atoms with Gasteiger partial charge in [-0.2, -0.15) is 0 Å². The third-order valence-electron chi connectivity index (χ3n) is 3.28. The summed E-state index contributed by atoms with van der Waals surface area (Å²) in [6.45, 7) is 4.15. The van der Waals surface area contributed by atoms with Gasteiger partial charge >= 0.3 is 0 Å². The highest BCUT2D eigenvalue weighted by Crippen LogP contribution is 2.18. The van der Waals surface area contributed by atoms with Crippen LogP contribution in [0.25, 0.3) is 0 Å². The molecule has 0 spiro atoms. The van der Waals surface area contributed by atoms with E-state index in [9.17, 15) is 9.59 Å². The molecule has 0 saturated carbocycles. The molecule has 1 aliphatic rings. The van der Waals surface area contributed by atoms with Crippen molar-refractivity contribution in [2.24, 2.45) is 0 Å². The Labute approximate surface area is 106 Å². The van der Waals surface area contributed by atoms with Crippen LogP contribution in [0.5, 0.6) is 0 Å². The number of hydrogen-bond acceptors (Lipinski definition) is 3. The van der Waals surface area contributed by atoms with Crippen molar-refractivity contribution in [1.82, 2.24) is 10.2 Å². The number of nitrogens with one attached hydrogen (secondary N) is 1. The fraction of sp³-hybridized carbons (Fsp3) is 0.538. The molecule has 1 N–H and O–H groups in total. The first-order chi connectivity index (χ1) is 8.67. The molecule has 0 aromatic carbocycles. The van der Waals surface area contributed by atoms with Gasteiger partial charge in [0.2, 0.25) is 11.8 Å². The number of hydrogen-bond donors (Lipinski definition) is 1. The highest BCUT2D eigenvalue weighted by molar-refractivity contribution is 5.96. The molecular formula is C13H18N2O3. The molecule has 1 aromatic rings. The Morgan fingerprint density at radius 1 is 1.33 bits per heavy atom. The van der Waals surface area contributed by atoms with E-state index in [2.05, 4.69) is 5.32 Å². The van der Waals surface area contributed by atoms with E-state index < -0.39 is 12.1 Å². The molecule has 2 unspecified atom stereocenters. The number of carbonyl (C=O) groups is 2. The lowest BCUT2D eigenvalue weighted by Crippen LogP contribution is -2.62. The van der Waals surface area contributed by atoms with Crippen molar-refractivity contribution in [2.75, 3.05) is 0 Å². The molecule has 5 nitrogen and oxygen atoms in total. The average molecular weight is 250 g/mol. The van der Waals surface area contributed by atoms with Gasteiger partial charge in [-0.15, -0.1) is 0 Å². The van der Waals surface area contributed by atoms with Gasteiger partial charge in [0.25, 0.3) is 0 Å². The lowest BCUT2D eigenvalue weighted by atomic mass is 10.0. The van der Waals surface area contributed by atoms with Gasteiger partial charge in [-0.25, -0.2) is 0 Å². The highest BCUT2D eigenvalue weighted by atomic mass is 16.3. The summed E-state index contributed by atoms with van der Waals surface area (Å²) in [6.07, 6.45) is 2.78. The van der Waals surface area contributed by atoms with Crippen LogP contribution >= 0.6 is 0 Å². The van der Waals surface area contributed by atoms with Gasteiger partial charge in [-0.3, -0.25) is 9.59 Å². The lowest BCUT2D eigenvalue weighted by molar-refractivity contribution is -0.150. The van der Waals surface area contributed by atoms with Crippen LogP contribution in [0.3, 0.4) is 0 Å². The molecular weight excluding hydrogens is 232 g/mol. The topological polar surface area (TPSA) is 62.6 Å². The van der Waals surface area contributed by atoms with E-state index in [-0.39, 0.29) is 11.8 Å². The summed E-state index contributed by atoms with van der Waals surface area (Å²) in [5.74, 6) is 0.599. The minimum absolute atomic E-state index is 0.0275. The lowest BCUT2D eigenvalue weighted by Gasteiger charge is -2.37. The van der Waals surface area contributed by atoms with Crippen molar-refractivity contribution in [3.05, 3.63) is 24.2 Å². The number of amides is 2. The predicted molar refractivity (Wildman–Crippen MR) is 65.6 cm³/mol. The van der Waals surface area contributed by atoms with E-state index >= 15 is 0 Å². The van der Waals surface area contributed by atoms with Gasteiger partial charge in [0.05, 0.1) is 12.8 Å². The summed E-state index contributed by atoms with van der Waals surface area (Å²) >= 11 is 0. The molecule has 2 rings (SSSR count). The Kier molecular flexibility index (Phi) is 3.69. The van der Waals surface area contributed by atoms with Crippen molar-refractivity contribution in [2.45, 2.75) is 45.3 Å². The molecule has 0 aliphatic carbocycles. The standard InChI is InChI=1S/C13H18N2O3/c1-3-10-13(17)15(8-9-6-5-7-18-9)11(4-2)12(16)14-10/h5-7,10-11H,3-4,8H2,1-2H3,(H,14,16). The zero-order valence-corrected chi connectivity index (χ0v) is 10.7. The fourth-order valence-corrected chi connectivity index (χ4v) is 2.27. The molecule has 1 aliphatic heterocycles. The maximum absolute atomic E-state index is 12.3. The second-order valence-electron chi connectivity index (χ2n) is 4.44. The van der Waals surface area contributed by atoms with E-state index in [0.717, 1.165) is 0 Å². The molecule has 2 heterocycles. The molecule has 18 heavy (non-hydrogen) atoms. The second-order valence-corrected chi connectivity index (χ2v) is 4.44. The van der Waals surface area contributed by atoms with Gasteiger partial charge in [0, 0.05) is 0 Å². The Bertz CT molecular complexity index is 427.